The number of ether oxygens (including phenoxy) is 3. The Morgan fingerprint density at radius 3 is 2.37 bits per heavy atom. The van der Waals surface area contributed by atoms with Gasteiger partial charge in [-0.25, -0.2) is 9.18 Å². The summed E-state index contributed by atoms with van der Waals surface area (Å²) in [5.74, 6) is 0.996. The minimum Gasteiger partial charge on any atom is -0.490 e. The molecule has 0 saturated heterocycles. The summed E-state index contributed by atoms with van der Waals surface area (Å²) in [5.41, 5.74) is 8.89. The van der Waals surface area contributed by atoms with Gasteiger partial charge in [-0.15, -0.1) is 0 Å². The van der Waals surface area contributed by atoms with Gasteiger partial charge in [-0.05, 0) is 149 Å². The van der Waals surface area contributed by atoms with E-state index in [9.17, 15) is 4.79 Å². The van der Waals surface area contributed by atoms with E-state index in [2.05, 4.69) is 46.4 Å². The van der Waals surface area contributed by atoms with E-state index in [1.807, 2.05) is 20.8 Å². The van der Waals surface area contributed by atoms with Gasteiger partial charge in [0, 0.05) is 30.3 Å². The summed E-state index contributed by atoms with van der Waals surface area (Å²) >= 11 is 0. The quantitative estimate of drug-likeness (QED) is 0.274. The fraction of sp³-hybridized carbons (Fsp3) is 0.698. The zero-order valence-electron chi connectivity index (χ0n) is 31.9. The van der Waals surface area contributed by atoms with Gasteiger partial charge in [-0.1, -0.05) is 46.5 Å². The van der Waals surface area contributed by atoms with Gasteiger partial charge in [-0.2, -0.15) is 0 Å². The van der Waals surface area contributed by atoms with Crippen LogP contribution in [0.5, 0.6) is 5.75 Å². The van der Waals surface area contributed by atoms with Crippen molar-refractivity contribution in [3.05, 3.63) is 50.8 Å². The van der Waals surface area contributed by atoms with Crippen LogP contribution in [0.15, 0.2) is 6.07 Å². The summed E-state index contributed by atoms with van der Waals surface area (Å²) in [5, 5.41) is 0. The van der Waals surface area contributed by atoms with E-state index in [0.717, 1.165) is 90.6 Å². The second-order valence-electron chi connectivity index (χ2n) is 17.2. The van der Waals surface area contributed by atoms with Crippen LogP contribution in [0, 0.1) is 44.3 Å². The third-order valence-electron chi connectivity index (χ3n) is 12.3. The van der Waals surface area contributed by atoms with Crippen LogP contribution in [-0.4, -0.2) is 41.8 Å². The lowest BCUT2D eigenvalue weighted by atomic mass is 9.75. The lowest BCUT2D eigenvalue weighted by Gasteiger charge is -2.41. The fourth-order valence-corrected chi connectivity index (χ4v) is 9.64. The van der Waals surface area contributed by atoms with Gasteiger partial charge in [-0.3, -0.25) is 4.90 Å². The standard InChI is InChI=1S/C43H62FNO4/c1-25(2)31-18-17-26(3)22-37(31)48-42(46)41(49-43(7,8)9)39-28(5)32-19-20-45(30-14-11-10-12-15-30)24-35(32)29(6)38(39)34-23-36(44)40-33(27(34)4)16-13-21-47-40/h23,25-26,30-31,37,41H,10-22,24H2,1-9H3/t26-,31+,37?,41+/m1/s1. The van der Waals surface area contributed by atoms with E-state index in [-0.39, 0.29) is 17.9 Å². The highest BCUT2D eigenvalue weighted by Crippen LogP contribution is 2.47. The first-order valence-corrected chi connectivity index (χ1v) is 19.5. The molecule has 49 heavy (non-hydrogen) atoms. The maximum absolute atomic E-state index is 16.0. The molecule has 2 aliphatic carbocycles. The minimum atomic E-state index is -0.935. The maximum atomic E-state index is 16.0. The van der Waals surface area contributed by atoms with Gasteiger partial charge in [0.25, 0.3) is 0 Å². The number of halogens is 1. The topological polar surface area (TPSA) is 48.0 Å². The van der Waals surface area contributed by atoms with Gasteiger partial charge in [0.15, 0.2) is 17.7 Å². The molecule has 0 spiro atoms. The number of benzene rings is 2. The number of hydrogen-bond acceptors (Lipinski definition) is 5. The van der Waals surface area contributed by atoms with Gasteiger partial charge < -0.3 is 14.2 Å². The molecule has 0 radical (unpaired) electrons. The van der Waals surface area contributed by atoms with Crippen molar-refractivity contribution in [2.24, 2.45) is 17.8 Å². The largest absolute Gasteiger partial charge is 0.490 e. The molecule has 6 rings (SSSR count). The molecule has 0 bridgehead atoms. The highest BCUT2D eigenvalue weighted by Gasteiger charge is 2.40. The van der Waals surface area contributed by atoms with Crippen LogP contribution in [0.25, 0.3) is 11.1 Å². The molecule has 5 nitrogen and oxygen atoms in total. The number of carbonyl (C=O) groups excluding carboxylic acids is 1. The lowest BCUT2D eigenvalue weighted by Crippen LogP contribution is -2.41. The van der Waals surface area contributed by atoms with Crippen molar-refractivity contribution in [3.8, 4) is 16.9 Å². The molecule has 2 fully saturated rings. The fourth-order valence-electron chi connectivity index (χ4n) is 9.64. The number of carbonyl (C=O) groups is 1. The van der Waals surface area contributed by atoms with E-state index in [0.29, 0.717) is 36.2 Å². The highest BCUT2D eigenvalue weighted by molar-refractivity contribution is 5.86. The number of esters is 1. The van der Waals surface area contributed by atoms with Crippen molar-refractivity contribution >= 4 is 5.97 Å². The summed E-state index contributed by atoms with van der Waals surface area (Å²) in [6.07, 6.45) is 11.1. The zero-order chi connectivity index (χ0) is 35.2. The van der Waals surface area contributed by atoms with Gasteiger partial charge in [0.2, 0.25) is 0 Å². The first-order chi connectivity index (χ1) is 23.2. The predicted octanol–water partition coefficient (Wildman–Crippen LogP) is 10.3. The van der Waals surface area contributed by atoms with Crippen LogP contribution >= 0.6 is 0 Å². The Kier molecular flexibility index (Phi) is 10.9. The monoisotopic (exact) mass is 675 g/mol. The molecule has 0 amide bonds. The molecular formula is C43H62FNO4. The third kappa shape index (κ3) is 7.47. The van der Waals surface area contributed by atoms with Crippen molar-refractivity contribution in [3.63, 3.8) is 0 Å². The summed E-state index contributed by atoms with van der Waals surface area (Å²) in [7, 11) is 0. The van der Waals surface area contributed by atoms with E-state index in [4.69, 9.17) is 14.2 Å². The van der Waals surface area contributed by atoms with Crippen LogP contribution in [-0.2, 0) is 33.7 Å². The summed E-state index contributed by atoms with van der Waals surface area (Å²) < 4.78 is 35.4. The Bertz CT molecular complexity index is 1530. The second kappa shape index (κ2) is 14.7. The van der Waals surface area contributed by atoms with E-state index < -0.39 is 11.7 Å². The van der Waals surface area contributed by atoms with E-state index in [1.165, 1.54) is 43.2 Å². The zero-order valence-corrected chi connectivity index (χ0v) is 31.9. The summed E-state index contributed by atoms with van der Waals surface area (Å²) in [6.45, 7) is 21.7. The lowest BCUT2D eigenvalue weighted by molar-refractivity contribution is -0.178. The highest BCUT2D eigenvalue weighted by atomic mass is 19.1. The Morgan fingerprint density at radius 2 is 1.67 bits per heavy atom. The summed E-state index contributed by atoms with van der Waals surface area (Å²) in [4.78, 5) is 17.5. The van der Waals surface area contributed by atoms with Crippen molar-refractivity contribution in [1.82, 2.24) is 4.90 Å². The van der Waals surface area contributed by atoms with E-state index in [1.54, 1.807) is 6.07 Å². The van der Waals surface area contributed by atoms with Gasteiger partial charge in [0.1, 0.15) is 6.10 Å². The molecule has 0 N–H and O–H groups in total. The molecule has 270 valence electrons. The Labute approximate surface area is 295 Å². The van der Waals surface area contributed by atoms with Gasteiger partial charge >= 0.3 is 5.97 Å². The van der Waals surface area contributed by atoms with Crippen molar-refractivity contribution in [2.45, 2.75) is 163 Å². The summed E-state index contributed by atoms with van der Waals surface area (Å²) in [6, 6.07) is 2.28. The first kappa shape index (κ1) is 36.4. The molecule has 2 aliphatic heterocycles. The average molecular weight is 676 g/mol. The third-order valence-corrected chi connectivity index (χ3v) is 12.3. The number of fused-ring (bicyclic) bond motifs is 2. The molecular weight excluding hydrogens is 613 g/mol. The van der Waals surface area contributed by atoms with Crippen LogP contribution < -0.4 is 4.74 Å². The van der Waals surface area contributed by atoms with Crippen molar-refractivity contribution in [2.75, 3.05) is 13.2 Å². The smallest absolute Gasteiger partial charge is 0.340 e. The minimum absolute atomic E-state index is 0.145. The Morgan fingerprint density at radius 1 is 0.939 bits per heavy atom. The van der Waals surface area contributed by atoms with Crippen molar-refractivity contribution < 1.29 is 23.4 Å². The van der Waals surface area contributed by atoms with E-state index >= 15 is 4.39 Å². The van der Waals surface area contributed by atoms with Crippen molar-refractivity contribution in [1.29, 1.82) is 0 Å². The molecule has 4 atom stereocenters. The second-order valence-corrected chi connectivity index (χ2v) is 17.2. The molecule has 6 heteroatoms. The van der Waals surface area contributed by atoms with Crippen LogP contribution in [0.2, 0.25) is 0 Å². The molecule has 4 aliphatic rings. The van der Waals surface area contributed by atoms with Gasteiger partial charge in [0.05, 0.1) is 12.2 Å². The average Bonchev–Trinajstić information content (AvgIpc) is 3.07. The molecule has 2 aromatic carbocycles. The SMILES string of the molecule is Cc1c(-c2c(C)c3c(c(C)c2[C@H](OC(C)(C)C)C(=O)OC2C[C@H](C)CC[C@H]2C(C)C)CCN(C2CCCCC2)C3)cc(F)c2c1CCCO2. The predicted molar refractivity (Wildman–Crippen MR) is 196 cm³/mol. The molecule has 2 aromatic rings. The molecule has 0 aromatic heterocycles. The Hall–Kier alpha value is -2.44. The maximum Gasteiger partial charge on any atom is 0.340 e. The molecule has 1 unspecified atom stereocenters. The van der Waals surface area contributed by atoms with Crippen LogP contribution in [0.4, 0.5) is 4.39 Å². The van der Waals surface area contributed by atoms with Crippen LogP contribution in [0.1, 0.15) is 144 Å². The number of nitrogens with zero attached hydrogens (tertiary/aromatic N) is 1. The Balaban J connectivity index is 1.53. The normalized spacial score (nSPS) is 24.3. The molecule has 2 saturated carbocycles. The first-order valence-electron chi connectivity index (χ1n) is 19.5. The van der Waals surface area contributed by atoms with Crippen LogP contribution in [0.3, 0.4) is 0 Å². The number of hydrogen-bond donors (Lipinski definition) is 0. The molecule has 2 heterocycles. The number of rotatable bonds is 7.